The number of hydrogen-bond donors (Lipinski definition) is 1. The molecule has 2 atom stereocenters. The molecule has 0 aromatic rings. The summed E-state index contributed by atoms with van der Waals surface area (Å²) in [6, 6.07) is 0.571. The van der Waals surface area contributed by atoms with Crippen LogP contribution in [0.5, 0.6) is 0 Å². The molecule has 0 saturated carbocycles. The fourth-order valence-corrected chi connectivity index (χ4v) is 3.29. The Morgan fingerprint density at radius 3 is 2.83 bits per heavy atom. The summed E-state index contributed by atoms with van der Waals surface area (Å²) in [6.45, 7) is 13.6. The molecule has 2 aliphatic rings. The molecule has 18 heavy (non-hydrogen) atoms. The van der Waals surface area contributed by atoms with Gasteiger partial charge in [-0.2, -0.15) is 0 Å². The van der Waals surface area contributed by atoms with Crippen LogP contribution >= 0.6 is 0 Å². The molecule has 1 N–H and O–H groups in total. The van der Waals surface area contributed by atoms with E-state index in [-0.39, 0.29) is 0 Å². The minimum atomic E-state index is 0.354. The summed E-state index contributed by atoms with van der Waals surface area (Å²) >= 11 is 0. The molecule has 2 saturated heterocycles. The van der Waals surface area contributed by atoms with E-state index < -0.39 is 0 Å². The van der Waals surface area contributed by atoms with Crippen molar-refractivity contribution in [1.82, 2.24) is 10.2 Å². The fourth-order valence-electron chi connectivity index (χ4n) is 3.29. The summed E-state index contributed by atoms with van der Waals surface area (Å²) < 4.78 is 5.79. The lowest BCUT2D eigenvalue weighted by atomic mass is 9.81. The lowest BCUT2D eigenvalue weighted by molar-refractivity contribution is -0.0242. The average molecular weight is 254 g/mol. The van der Waals surface area contributed by atoms with E-state index in [1.165, 1.54) is 38.9 Å². The molecule has 0 bridgehead atoms. The normalized spacial score (nSPS) is 34.3. The number of nitrogens with zero attached hydrogens (tertiary/aromatic N) is 1. The first-order valence-corrected chi connectivity index (χ1v) is 7.63. The highest BCUT2D eigenvalue weighted by Crippen LogP contribution is 2.31. The van der Waals surface area contributed by atoms with Gasteiger partial charge in [0.2, 0.25) is 0 Å². The number of hydrogen-bond acceptors (Lipinski definition) is 3. The third kappa shape index (κ3) is 3.94. The van der Waals surface area contributed by atoms with Crippen LogP contribution in [0.15, 0.2) is 0 Å². The van der Waals surface area contributed by atoms with Gasteiger partial charge in [-0.15, -0.1) is 0 Å². The SMILES string of the molecule is CC1CCN(CC2(CNC(C)C)CCCOC2)C1. The third-order valence-corrected chi connectivity index (χ3v) is 4.36. The smallest absolute Gasteiger partial charge is 0.0546 e. The van der Waals surface area contributed by atoms with Crippen LogP contribution in [0.3, 0.4) is 0 Å². The summed E-state index contributed by atoms with van der Waals surface area (Å²) in [5.41, 5.74) is 0.354. The van der Waals surface area contributed by atoms with Crippen LogP contribution in [0.2, 0.25) is 0 Å². The van der Waals surface area contributed by atoms with Crippen molar-refractivity contribution in [2.75, 3.05) is 39.4 Å². The maximum Gasteiger partial charge on any atom is 0.0546 e. The number of ether oxygens (including phenoxy) is 1. The van der Waals surface area contributed by atoms with E-state index in [0.717, 1.165) is 25.7 Å². The average Bonchev–Trinajstić information content (AvgIpc) is 2.73. The molecular weight excluding hydrogens is 224 g/mol. The molecule has 0 radical (unpaired) electrons. The molecule has 2 aliphatic heterocycles. The molecule has 2 heterocycles. The Bertz CT molecular complexity index is 249. The molecule has 106 valence electrons. The summed E-state index contributed by atoms with van der Waals surface area (Å²) in [5.74, 6) is 0.879. The maximum absolute atomic E-state index is 5.79. The fraction of sp³-hybridized carbons (Fsp3) is 1.00. The van der Waals surface area contributed by atoms with Crippen molar-refractivity contribution in [1.29, 1.82) is 0 Å². The van der Waals surface area contributed by atoms with Crippen molar-refractivity contribution >= 4 is 0 Å². The van der Waals surface area contributed by atoms with Crippen LogP contribution in [-0.4, -0.2) is 50.3 Å². The maximum atomic E-state index is 5.79. The van der Waals surface area contributed by atoms with Crippen LogP contribution < -0.4 is 5.32 Å². The first-order chi connectivity index (χ1) is 8.60. The second-order valence-electron chi connectivity index (χ2n) is 6.82. The first kappa shape index (κ1) is 14.3. The molecule has 0 aliphatic carbocycles. The van der Waals surface area contributed by atoms with Gasteiger partial charge in [-0.1, -0.05) is 20.8 Å². The quantitative estimate of drug-likeness (QED) is 0.813. The van der Waals surface area contributed by atoms with Gasteiger partial charge in [-0.25, -0.2) is 0 Å². The highest BCUT2D eigenvalue weighted by atomic mass is 16.5. The molecular formula is C15H30N2O. The lowest BCUT2D eigenvalue weighted by Crippen LogP contribution is -2.49. The van der Waals surface area contributed by atoms with E-state index in [1.807, 2.05) is 0 Å². The zero-order valence-corrected chi connectivity index (χ0v) is 12.4. The summed E-state index contributed by atoms with van der Waals surface area (Å²) in [6.07, 6.45) is 3.91. The van der Waals surface area contributed by atoms with Crippen LogP contribution in [0.4, 0.5) is 0 Å². The predicted molar refractivity (Wildman–Crippen MR) is 75.8 cm³/mol. The second kappa shape index (κ2) is 6.36. The van der Waals surface area contributed by atoms with Crippen LogP contribution in [0.25, 0.3) is 0 Å². The topological polar surface area (TPSA) is 24.5 Å². The van der Waals surface area contributed by atoms with E-state index in [1.54, 1.807) is 0 Å². The van der Waals surface area contributed by atoms with E-state index in [0.29, 0.717) is 11.5 Å². The van der Waals surface area contributed by atoms with E-state index >= 15 is 0 Å². The molecule has 3 heteroatoms. The molecule has 0 aromatic heterocycles. The lowest BCUT2D eigenvalue weighted by Gasteiger charge is -2.40. The minimum Gasteiger partial charge on any atom is -0.381 e. The van der Waals surface area contributed by atoms with Crippen LogP contribution in [0, 0.1) is 11.3 Å². The van der Waals surface area contributed by atoms with Gasteiger partial charge in [0.15, 0.2) is 0 Å². The van der Waals surface area contributed by atoms with Gasteiger partial charge in [0, 0.05) is 37.7 Å². The summed E-state index contributed by atoms with van der Waals surface area (Å²) in [5, 5.41) is 3.63. The predicted octanol–water partition coefficient (Wildman–Crippen LogP) is 2.12. The van der Waals surface area contributed by atoms with Gasteiger partial charge in [-0.3, -0.25) is 0 Å². The Labute approximate surface area is 112 Å². The van der Waals surface area contributed by atoms with Crippen molar-refractivity contribution < 1.29 is 4.74 Å². The zero-order valence-electron chi connectivity index (χ0n) is 12.4. The van der Waals surface area contributed by atoms with Gasteiger partial charge < -0.3 is 15.0 Å². The highest BCUT2D eigenvalue weighted by molar-refractivity contribution is 4.89. The largest absolute Gasteiger partial charge is 0.381 e. The van der Waals surface area contributed by atoms with Crippen LogP contribution in [-0.2, 0) is 4.74 Å². The Kier molecular flexibility index (Phi) is 5.05. The number of likely N-dealkylation sites (tertiary alicyclic amines) is 1. The van der Waals surface area contributed by atoms with Crippen molar-refractivity contribution in [2.24, 2.45) is 11.3 Å². The van der Waals surface area contributed by atoms with Gasteiger partial charge in [0.1, 0.15) is 0 Å². The van der Waals surface area contributed by atoms with E-state index in [2.05, 4.69) is 31.0 Å². The number of rotatable bonds is 5. The second-order valence-corrected chi connectivity index (χ2v) is 6.82. The highest BCUT2D eigenvalue weighted by Gasteiger charge is 2.36. The van der Waals surface area contributed by atoms with E-state index in [9.17, 15) is 0 Å². The van der Waals surface area contributed by atoms with Crippen LogP contribution in [0.1, 0.15) is 40.0 Å². The van der Waals surface area contributed by atoms with Gasteiger partial charge in [0.25, 0.3) is 0 Å². The standard InChI is InChI=1S/C15H30N2O/c1-13(2)16-10-15(6-4-8-18-12-15)11-17-7-5-14(3)9-17/h13-14,16H,4-12H2,1-3H3. The van der Waals surface area contributed by atoms with Gasteiger partial charge in [-0.05, 0) is 31.7 Å². The molecule has 2 rings (SSSR count). The van der Waals surface area contributed by atoms with E-state index in [4.69, 9.17) is 4.74 Å². The minimum absolute atomic E-state index is 0.354. The Balaban J connectivity index is 1.91. The summed E-state index contributed by atoms with van der Waals surface area (Å²) in [7, 11) is 0. The third-order valence-electron chi connectivity index (χ3n) is 4.36. The molecule has 2 fully saturated rings. The molecule has 0 spiro atoms. The van der Waals surface area contributed by atoms with Gasteiger partial charge in [0.05, 0.1) is 6.61 Å². The van der Waals surface area contributed by atoms with Crippen molar-refractivity contribution in [3.63, 3.8) is 0 Å². The zero-order chi connectivity index (χ0) is 13.0. The Hall–Kier alpha value is -0.120. The first-order valence-electron chi connectivity index (χ1n) is 7.63. The van der Waals surface area contributed by atoms with Crippen molar-refractivity contribution in [3.8, 4) is 0 Å². The molecule has 0 aromatic carbocycles. The van der Waals surface area contributed by atoms with Crippen molar-refractivity contribution in [3.05, 3.63) is 0 Å². The molecule has 2 unspecified atom stereocenters. The number of nitrogens with one attached hydrogen (secondary N) is 1. The Morgan fingerprint density at radius 2 is 2.28 bits per heavy atom. The monoisotopic (exact) mass is 254 g/mol. The molecule has 3 nitrogen and oxygen atoms in total. The van der Waals surface area contributed by atoms with Crippen molar-refractivity contribution in [2.45, 2.75) is 46.1 Å². The molecule has 0 amide bonds. The Morgan fingerprint density at radius 1 is 1.44 bits per heavy atom. The van der Waals surface area contributed by atoms with Gasteiger partial charge >= 0.3 is 0 Å². The summed E-state index contributed by atoms with van der Waals surface area (Å²) in [4.78, 5) is 2.65.